The summed E-state index contributed by atoms with van der Waals surface area (Å²) in [6.07, 6.45) is 4.30. The maximum atomic E-state index is 11.0. The quantitative estimate of drug-likeness (QED) is 0.431. The van der Waals surface area contributed by atoms with E-state index in [1.54, 1.807) is 0 Å². The first-order valence-electron chi connectivity index (χ1n) is 9.50. The number of hydrogen-bond donors (Lipinski definition) is 2. The second-order valence-corrected chi connectivity index (χ2v) is 7.30. The Morgan fingerprint density at radius 3 is 2.96 bits per heavy atom. The highest BCUT2D eigenvalue weighted by atomic mass is 16.5. The van der Waals surface area contributed by atoms with Crippen molar-refractivity contribution in [2.75, 3.05) is 39.9 Å². The van der Waals surface area contributed by atoms with Gasteiger partial charge in [0.05, 0.1) is 13.2 Å². The van der Waals surface area contributed by atoms with E-state index in [0.717, 1.165) is 50.0 Å². The number of rotatable bonds is 8. The van der Waals surface area contributed by atoms with Crippen LogP contribution in [0.4, 0.5) is 0 Å². The van der Waals surface area contributed by atoms with Crippen LogP contribution in [0.2, 0.25) is 0 Å². The molecule has 5 nitrogen and oxygen atoms in total. The minimum Gasteiger partial charge on any atom is -0.383 e. The number of fused-ring (bicyclic) bond motifs is 1. The van der Waals surface area contributed by atoms with Crippen LogP contribution in [0, 0.1) is 5.92 Å². The summed E-state index contributed by atoms with van der Waals surface area (Å²) in [6, 6.07) is 8.16. The molecule has 0 amide bonds. The van der Waals surface area contributed by atoms with Crippen LogP contribution in [-0.2, 0) is 16.8 Å². The van der Waals surface area contributed by atoms with Crippen molar-refractivity contribution in [3.8, 4) is 0 Å². The maximum Gasteiger partial charge on any atom is 0.193 e. The number of likely N-dealkylation sites (N-methyl/N-ethyl adjacent to an activating group) is 1. The number of aryl methyl sites for hydroxylation is 1. The predicted octanol–water partition coefficient (Wildman–Crippen LogP) is 2.14. The molecule has 0 spiro atoms. The molecule has 1 atom stereocenters. The molecule has 0 saturated heterocycles. The first-order chi connectivity index (χ1) is 12.1. The lowest BCUT2D eigenvalue weighted by Gasteiger charge is -2.26. The minimum absolute atomic E-state index is 0.389. The van der Waals surface area contributed by atoms with Gasteiger partial charge in [-0.1, -0.05) is 24.3 Å². The minimum atomic E-state index is -0.847. The molecule has 0 radical (unpaired) electrons. The van der Waals surface area contributed by atoms with E-state index in [9.17, 15) is 5.11 Å². The van der Waals surface area contributed by atoms with Crippen molar-refractivity contribution in [3.63, 3.8) is 0 Å². The molecule has 0 aliphatic heterocycles. The van der Waals surface area contributed by atoms with Crippen molar-refractivity contribution in [2.45, 2.75) is 38.2 Å². The highest BCUT2D eigenvalue weighted by molar-refractivity contribution is 5.79. The summed E-state index contributed by atoms with van der Waals surface area (Å²) < 4.78 is 5.73. The van der Waals surface area contributed by atoms with Gasteiger partial charge in [-0.15, -0.1) is 0 Å². The SMILES string of the molecule is CCNC(=NCC1(O)CCc2ccccc21)N(C)CCOCC1CC1. The van der Waals surface area contributed by atoms with Crippen LogP contribution in [0.5, 0.6) is 0 Å². The number of hydrogen-bond acceptors (Lipinski definition) is 3. The fraction of sp³-hybridized carbons (Fsp3) is 0.650. The summed E-state index contributed by atoms with van der Waals surface area (Å²) >= 11 is 0. The molecule has 2 N–H and O–H groups in total. The number of aliphatic hydroxyl groups is 1. The Morgan fingerprint density at radius 1 is 1.40 bits per heavy atom. The van der Waals surface area contributed by atoms with Gasteiger partial charge in [0.1, 0.15) is 5.60 Å². The van der Waals surface area contributed by atoms with Gasteiger partial charge < -0.3 is 20.1 Å². The number of benzene rings is 1. The lowest BCUT2D eigenvalue weighted by Crippen LogP contribution is -2.41. The molecule has 25 heavy (non-hydrogen) atoms. The molecule has 1 unspecified atom stereocenters. The van der Waals surface area contributed by atoms with Gasteiger partial charge in [0, 0.05) is 26.7 Å². The number of aliphatic imine (C=N–C) groups is 1. The summed E-state index contributed by atoms with van der Waals surface area (Å²) in [4.78, 5) is 6.80. The zero-order valence-electron chi connectivity index (χ0n) is 15.5. The molecular formula is C20H31N3O2. The third-order valence-electron chi connectivity index (χ3n) is 5.14. The van der Waals surface area contributed by atoms with Gasteiger partial charge in [-0.3, -0.25) is 0 Å². The van der Waals surface area contributed by atoms with Crippen molar-refractivity contribution in [1.29, 1.82) is 0 Å². The van der Waals surface area contributed by atoms with Crippen molar-refractivity contribution in [3.05, 3.63) is 35.4 Å². The Labute approximate surface area is 151 Å². The highest BCUT2D eigenvalue weighted by Crippen LogP contribution is 2.36. The molecular weight excluding hydrogens is 314 g/mol. The molecule has 5 heteroatoms. The molecule has 1 aromatic rings. The highest BCUT2D eigenvalue weighted by Gasteiger charge is 2.36. The maximum absolute atomic E-state index is 11.0. The number of nitrogens with zero attached hydrogens (tertiary/aromatic N) is 2. The second-order valence-electron chi connectivity index (χ2n) is 7.30. The Hall–Kier alpha value is -1.59. The summed E-state index contributed by atoms with van der Waals surface area (Å²) in [5.41, 5.74) is 1.43. The first-order valence-corrected chi connectivity index (χ1v) is 9.50. The van der Waals surface area contributed by atoms with Crippen molar-refractivity contribution in [2.24, 2.45) is 10.9 Å². The van der Waals surface area contributed by atoms with E-state index in [0.29, 0.717) is 13.2 Å². The third kappa shape index (κ3) is 4.73. The monoisotopic (exact) mass is 345 g/mol. The third-order valence-corrected chi connectivity index (χ3v) is 5.14. The molecule has 2 aliphatic carbocycles. The van der Waals surface area contributed by atoms with Gasteiger partial charge in [-0.2, -0.15) is 0 Å². The molecule has 138 valence electrons. The van der Waals surface area contributed by atoms with Crippen molar-refractivity contribution >= 4 is 5.96 Å². The molecule has 1 saturated carbocycles. The van der Waals surface area contributed by atoms with Gasteiger partial charge in [0.15, 0.2) is 5.96 Å². The van der Waals surface area contributed by atoms with E-state index >= 15 is 0 Å². The van der Waals surface area contributed by atoms with Gasteiger partial charge in [-0.05, 0) is 49.7 Å². The smallest absolute Gasteiger partial charge is 0.193 e. The lowest BCUT2D eigenvalue weighted by molar-refractivity contribution is 0.0482. The largest absolute Gasteiger partial charge is 0.383 e. The summed E-state index contributed by atoms with van der Waals surface area (Å²) in [5.74, 6) is 1.62. The van der Waals surface area contributed by atoms with Crippen LogP contribution in [-0.4, -0.2) is 55.9 Å². The zero-order valence-corrected chi connectivity index (χ0v) is 15.5. The topological polar surface area (TPSA) is 57.1 Å². The number of ether oxygens (including phenoxy) is 1. The Kier molecular flexibility index (Phi) is 5.97. The normalized spacial score (nSPS) is 22.8. The zero-order chi connectivity index (χ0) is 17.7. The summed E-state index contributed by atoms with van der Waals surface area (Å²) in [5, 5.41) is 14.4. The van der Waals surface area contributed by atoms with Gasteiger partial charge in [-0.25, -0.2) is 4.99 Å². The van der Waals surface area contributed by atoms with Crippen LogP contribution in [0.3, 0.4) is 0 Å². The van der Waals surface area contributed by atoms with Crippen molar-refractivity contribution in [1.82, 2.24) is 10.2 Å². The Balaban J connectivity index is 1.57. The molecule has 0 aromatic heterocycles. The molecule has 1 fully saturated rings. The van der Waals surface area contributed by atoms with Gasteiger partial charge in [0.2, 0.25) is 0 Å². The average Bonchev–Trinajstić information content (AvgIpc) is 3.39. The van der Waals surface area contributed by atoms with Crippen LogP contribution in [0.1, 0.15) is 37.3 Å². The summed E-state index contributed by atoms with van der Waals surface area (Å²) in [6.45, 7) is 5.66. The van der Waals surface area contributed by atoms with E-state index in [-0.39, 0.29) is 0 Å². The standard InChI is InChI=1S/C20H31N3O2/c1-3-21-19(23(2)12-13-25-14-16-8-9-16)22-15-20(24)11-10-17-6-4-5-7-18(17)20/h4-7,16,24H,3,8-15H2,1-2H3,(H,21,22). The van der Waals surface area contributed by atoms with Gasteiger partial charge >= 0.3 is 0 Å². The van der Waals surface area contributed by atoms with Crippen LogP contribution in [0.25, 0.3) is 0 Å². The molecule has 0 bridgehead atoms. The Bertz CT molecular complexity index is 600. The second kappa shape index (κ2) is 8.19. The van der Waals surface area contributed by atoms with E-state index in [1.165, 1.54) is 18.4 Å². The van der Waals surface area contributed by atoms with E-state index in [4.69, 9.17) is 9.73 Å². The molecule has 1 aromatic carbocycles. The van der Waals surface area contributed by atoms with Crippen LogP contribution in [0.15, 0.2) is 29.3 Å². The summed E-state index contributed by atoms with van der Waals surface area (Å²) in [7, 11) is 2.02. The van der Waals surface area contributed by atoms with Gasteiger partial charge in [0.25, 0.3) is 0 Å². The number of nitrogens with one attached hydrogen (secondary N) is 1. The van der Waals surface area contributed by atoms with Crippen molar-refractivity contribution < 1.29 is 9.84 Å². The fourth-order valence-corrected chi connectivity index (χ4v) is 3.35. The first kappa shape index (κ1) is 18.2. The molecule has 3 rings (SSSR count). The predicted molar refractivity (Wildman–Crippen MR) is 101 cm³/mol. The number of guanidine groups is 1. The molecule has 0 heterocycles. The lowest BCUT2D eigenvalue weighted by atomic mass is 9.96. The van der Waals surface area contributed by atoms with Crippen LogP contribution >= 0.6 is 0 Å². The van der Waals surface area contributed by atoms with Crippen LogP contribution < -0.4 is 5.32 Å². The Morgan fingerprint density at radius 2 is 2.20 bits per heavy atom. The van der Waals surface area contributed by atoms with E-state index in [1.807, 2.05) is 25.2 Å². The van der Waals surface area contributed by atoms with E-state index < -0.39 is 5.60 Å². The fourth-order valence-electron chi connectivity index (χ4n) is 3.35. The van der Waals surface area contributed by atoms with E-state index in [2.05, 4.69) is 23.2 Å². The average molecular weight is 345 g/mol. The molecule has 2 aliphatic rings.